The molecule has 1 saturated carbocycles. The number of aryl methyl sites for hydroxylation is 2. The third kappa shape index (κ3) is 7.11. The largest absolute Gasteiger partial charge is 0.493 e. The van der Waals surface area contributed by atoms with Crippen molar-refractivity contribution in [3.63, 3.8) is 0 Å². The van der Waals surface area contributed by atoms with E-state index < -0.39 is 43.9 Å². The monoisotopic (exact) mass is 586 g/mol. The Morgan fingerprint density at radius 3 is 2.40 bits per heavy atom. The number of benzene rings is 2. The van der Waals surface area contributed by atoms with Gasteiger partial charge in [0, 0.05) is 19.2 Å². The van der Waals surface area contributed by atoms with E-state index in [4.69, 9.17) is 4.74 Å². The van der Waals surface area contributed by atoms with E-state index >= 15 is 4.39 Å². The molecule has 1 aliphatic heterocycles. The summed E-state index contributed by atoms with van der Waals surface area (Å²) in [5.41, 5.74) is 3.14. The van der Waals surface area contributed by atoms with Crippen LogP contribution in [0.4, 0.5) is 17.6 Å². The summed E-state index contributed by atoms with van der Waals surface area (Å²) in [6.07, 6.45) is -2.52. The maximum Gasteiger partial charge on any atom is 0.493 e. The molecule has 4 rings (SSSR count). The Bertz CT molecular complexity index is 1410. The minimum Gasteiger partial charge on any atom is -0.489 e. The molecular weight excluding hydrogens is 556 g/mol. The molecule has 0 N–H and O–H groups in total. The highest BCUT2D eigenvalue weighted by Gasteiger charge is 2.46. The summed E-state index contributed by atoms with van der Waals surface area (Å²) in [6.45, 7) is 6.26. The minimum atomic E-state index is -5.58. The average Bonchev–Trinajstić information content (AvgIpc) is 3.68. The highest BCUT2D eigenvalue weighted by atomic mass is 32.2. The molecule has 1 atom stereocenters. The third-order valence-corrected chi connectivity index (χ3v) is 7.70. The van der Waals surface area contributed by atoms with Gasteiger partial charge in [-0.1, -0.05) is 28.2 Å². The van der Waals surface area contributed by atoms with Crippen LogP contribution in [-0.4, -0.2) is 61.3 Å². The van der Waals surface area contributed by atoms with E-state index in [0.717, 1.165) is 31.6 Å². The molecule has 0 bridgehead atoms. The van der Waals surface area contributed by atoms with Gasteiger partial charge in [-0.05, 0) is 74.8 Å². The Balaban J connectivity index is 1.55. The fourth-order valence-corrected chi connectivity index (χ4v) is 5.34. The van der Waals surface area contributed by atoms with Crippen LogP contribution < -0.4 is 4.74 Å². The van der Waals surface area contributed by atoms with Crippen LogP contribution in [0.1, 0.15) is 64.2 Å². The van der Waals surface area contributed by atoms with E-state index in [-0.39, 0.29) is 17.8 Å². The molecule has 1 saturated heterocycles. The fourth-order valence-electron chi connectivity index (χ4n) is 4.73. The van der Waals surface area contributed by atoms with Crippen molar-refractivity contribution in [3.05, 3.63) is 64.0 Å². The van der Waals surface area contributed by atoms with Crippen LogP contribution in [-0.2, 0) is 26.2 Å². The molecule has 2 fully saturated rings. The number of alkyl halides is 3. The number of hydroxylamine groups is 1. The third-order valence-electron chi connectivity index (χ3n) is 6.86. The number of piperidine rings is 1. The first-order valence-electron chi connectivity index (χ1n) is 12.8. The average molecular weight is 587 g/mol. The fraction of sp³-hybridized carbons (Fsp3) is 0.481. The van der Waals surface area contributed by atoms with Crippen LogP contribution in [0, 0.1) is 19.7 Å². The van der Waals surface area contributed by atoms with E-state index in [1.165, 1.54) is 16.7 Å². The van der Waals surface area contributed by atoms with Crippen molar-refractivity contribution in [2.75, 3.05) is 19.3 Å². The lowest BCUT2D eigenvalue weighted by molar-refractivity contribution is -0.216. The first-order chi connectivity index (χ1) is 18.6. The van der Waals surface area contributed by atoms with E-state index in [2.05, 4.69) is 34.9 Å². The van der Waals surface area contributed by atoms with Gasteiger partial charge in [-0.3, -0.25) is 9.69 Å². The van der Waals surface area contributed by atoms with E-state index in [9.17, 15) is 31.2 Å². The second-order valence-corrected chi connectivity index (χ2v) is 12.2. The molecule has 0 spiro atoms. The predicted octanol–water partition coefficient (Wildman–Crippen LogP) is 4.79. The standard InChI is InChI=1S/C27H30F4N2O6S/c1-16-6-7-19(17(2)11-16)14-32-10-4-5-20(15-32)38-24-13-23(28)22(12-21(24)18-8-9-18)25(34)33(40(3,36)37)39-26(35)27(29,30)31/h6-7,11-13,18,20H,4-5,8-10,14-15H2,1-3H3/t20-/m1/s1. The Labute approximate surface area is 229 Å². The normalized spacial score (nSPS) is 18.3. The Kier molecular flexibility index (Phi) is 8.46. The quantitative estimate of drug-likeness (QED) is 0.340. The Morgan fingerprint density at radius 1 is 1.10 bits per heavy atom. The molecule has 2 aromatic carbocycles. The van der Waals surface area contributed by atoms with Crippen LogP contribution in [0.5, 0.6) is 5.75 Å². The zero-order chi connectivity index (χ0) is 29.4. The van der Waals surface area contributed by atoms with Crippen LogP contribution in [0.2, 0.25) is 0 Å². The van der Waals surface area contributed by atoms with Gasteiger partial charge in [0.2, 0.25) is 0 Å². The zero-order valence-electron chi connectivity index (χ0n) is 22.3. The van der Waals surface area contributed by atoms with Gasteiger partial charge in [0.15, 0.2) is 0 Å². The number of carbonyl (C=O) groups is 2. The summed E-state index contributed by atoms with van der Waals surface area (Å²) in [7, 11) is -4.83. The van der Waals surface area contributed by atoms with E-state index in [1.807, 2.05) is 6.92 Å². The molecule has 0 aromatic heterocycles. The molecule has 13 heteroatoms. The topological polar surface area (TPSA) is 93.2 Å². The summed E-state index contributed by atoms with van der Waals surface area (Å²) in [6, 6.07) is 8.28. The number of likely N-dealkylation sites (tertiary alicyclic amines) is 1. The Morgan fingerprint density at radius 2 is 1.80 bits per heavy atom. The molecule has 2 aliphatic rings. The number of rotatable bonds is 7. The molecule has 1 aliphatic carbocycles. The van der Waals surface area contributed by atoms with Gasteiger partial charge in [0.1, 0.15) is 17.7 Å². The van der Waals surface area contributed by atoms with Crippen LogP contribution in [0.15, 0.2) is 30.3 Å². The van der Waals surface area contributed by atoms with Gasteiger partial charge < -0.3 is 9.57 Å². The second-order valence-electron chi connectivity index (χ2n) is 10.4. The summed E-state index contributed by atoms with van der Waals surface area (Å²) in [4.78, 5) is 30.2. The molecule has 218 valence electrons. The minimum absolute atomic E-state index is 0.0959. The number of amides is 1. The number of hydrogen-bond donors (Lipinski definition) is 0. The van der Waals surface area contributed by atoms with Crippen LogP contribution in [0.3, 0.4) is 0 Å². The van der Waals surface area contributed by atoms with Gasteiger partial charge in [-0.15, -0.1) is 0 Å². The molecule has 40 heavy (non-hydrogen) atoms. The van der Waals surface area contributed by atoms with Gasteiger partial charge in [-0.2, -0.15) is 13.2 Å². The summed E-state index contributed by atoms with van der Waals surface area (Å²) in [5, 5.41) is 0. The van der Waals surface area contributed by atoms with Crippen molar-refractivity contribution < 1.29 is 45.1 Å². The van der Waals surface area contributed by atoms with Gasteiger partial charge >= 0.3 is 18.1 Å². The number of sulfonamides is 1. The van der Waals surface area contributed by atoms with Crippen molar-refractivity contribution in [1.29, 1.82) is 0 Å². The van der Waals surface area contributed by atoms with Gasteiger partial charge in [-0.25, -0.2) is 17.6 Å². The van der Waals surface area contributed by atoms with Gasteiger partial charge in [0.05, 0.1) is 11.8 Å². The number of nitrogens with zero attached hydrogens (tertiary/aromatic N) is 2. The number of hydrogen-bond acceptors (Lipinski definition) is 7. The van der Waals surface area contributed by atoms with Crippen molar-refractivity contribution in [2.45, 2.75) is 64.3 Å². The van der Waals surface area contributed by atoms with Crippen molar-refractivity contribution in [2.24, 2.45) is 0 Å². The summed E-state index contributed by atoms with van der Waals surface area (Å²) >= 11 is 0. The molecular formula is C27H30F4N2O6S. The van der Waals surface area contributed by atoms with Crippen molar-refractivity contribution in [3.8, 4) is 5.75 Å². The Hall–Kier alpha value is -3.19. The second kappa shape index (κ2) is 11.4. The first-order valence-corrected chi connectivity index (χ1v) is 14.6. The van der Waals surface area contributed by atoms with Crippen molar-refractivity contribution in [1.82, 2.24) is 9.37 Å². The maximum atomic E-state index is 15.2. The summed E-state index contributed by atoms with van der Waals surface area (Å²) in [5.74, 6) is -5.82. The highest BCUT2D eigenvalue weighted by Crippen LogP contribution is 2.46. The molecule has 0 radical (unpaired) electrons. The van der Waals surface area contributed by atoms with Crippen LogP contribution in [0.25, 0.3) is 0 Å². The van der Waals surface area contributed by atoms with Gasteiger partial charge in [0.25, 0.3) is 10.0 Å². The smallest absolute Gasteiger partial charge is 0.489 e. The zero-order valence-corrected chi connectivity index (χ0v) is 23.1. The van der Waals surface area contributed by atoms with E-state index in [1.54, 1.807) is 0 Å². The lowest BCUT2D eigenvalue weighted by atomic mass is 10.0. The number of halogens is 4. The SMILES string of the molecule is Cc1ccc(CN2CCC[C@@H](Oc3cc(F)c(C(=O)N(OC(=O)C(F)(F)F)S(C)(=O)=O)cc3C3CC3)C2)c(C)c1. The van der Waals surface area contributed by atoms with Crippen LogP contribution >= 0.6 is 0 Å². The molecule has 8 nitrogen and oxygen atoms in total. The molecule has 1 heterocycles. The lowest BCUT2D eigenvalue weighted by Crippen LogP contribution is -2.42. The highest BCUT2D eigenvalue weighted by molar-refractivity contribution is 7.88. The number of ether oxygens (including phenoxy) is 1. The summed E-state index contributed by atoms with van der Waals surface area (Å²) < 4.78 is 82.7. The predicted molar refractivity (Wildman–Crippen MR) is 136 cm³/mol. The molecule has 1 amide bonds. The lowest BCUT2D eigenvalue weighted by Gasteiger charge is -2.33. The maximum absolute atomic E-state index is 15.2. The van der Waals surface area contributed by atoms with E-state index in [0.29, 0.717) is 37.6 Å². The molecule has 0 unspecified atom stereocenters. The van der Waals surface area contributed by atoms with Crippen molar-refractivity contribution >= 4 is 21.9 Å². The number of carbonyl (C=O) groups excluding carboxylic acids is 2. The molecule has 2 aromatic rings. The first kappa shape index (κ1) is 29.8.